The molecule has 3 N–H and O–H groups in total. The van der Waals surface area contributed by atoms with E-state index in [9.17, 15) is 19.7 Å². The van der Waals surface area contributed by atoms with E-state index in [1.54, 1.807) is 4.90 Å². The highest BCUT2D eigenvalue weighted by Gasteiger charge is 2.33. The van der Waals surface area contributed by atoms with Crippen molar-refractivity contribution in [3.63, 3.8) is 0 Å². The first-order valence-electron chi connectivity index (χ1n) is 8.97. The molecular formula is C16H24N6O4. The van der Waals surface area contributed by atoms with E-state index in [0.717, 1.165) is 32.2 Å². The number of nitro groups is 1. The maximum absolute atomic E-state index is 12.7. The maximum atomic E-state index is 12.7. The van der Waals surface area contributed by atoms with Crippen LogP contribution in [0.2, 0.25) is 0 Å². The number of aryl methyl sites for hydroxylation is 1. The number of nitrogens with one attached hydrogen (secondary N) is 3. The van der Waals surface area contributed by atoms with Crippen LogP contribution >= 0.6 is 0 Å². The third-order valence-electron chi connectivity index (χ3n) is 5.05. The van der Waals surface area contributed by atoms with Gasteiger partial charge >= 0.3 is 5.69 Å². The quantitative estimate of drug-likeness (QED) is 0.510. The summed E-state index contributed by atoms with van der Waals surface area (Å²) in [5, 5.41) is 23.6. The second-order valence-electron chi connectivity index (χ2n) is 6.96. The lowest BCUT2D eigenvalue weighted by Gasteiger charge is -2.32. The summed E-state index contributed by atoms with van der Waals surface area (Å²) >= 11 is 0. The molecule has 0 saturated carbocycles. The fourth-order valence-electron chi connectivity index (χ4n) is 3.64. The number of carbonyl (C=O) groups is 2. The fraction of sp³-hybridized carbons (Fsp3) is 0.688. The van der Waals surface area contributed by atoms with E-state index in [0.29, 0.717) is 19.6 Å². The van der Waals surface area contributed by atoms with Crippen LogP contribution in [0.25, 0.3) is 0 Å². The molecule has 142 valence electrons. The van der Waals surface area contributed by atoms with Crippen molar-refractivity contribution < 1.29 is 14.5 Å². The monoisotopic (exact) mass is 364 g/mol. The van der Waals surface area contributed by atoms with Gasteiger partial charge in [-0.2, -0.15) is 5.10 Å². The number of hydrogen-bond donors (Lipinski definition) is 3. The third-order valence-corrected chi connectivity index (χ3v) is 5.05. The highest BCUT2D eigenvalue weighted by Crippen LogP contribution is 2.24. The normalized spacial score (nSPS) is 23.0. The molecule has 0 aromatic carbocycles. The van der Waals surface area contributed by atoms with Crippen molar-refractivity contribution in [3.8, 4) is 0 Å². The minimum atomic E-state index is -0.581. The van der Waals surface area contributed by atoms with Crippen molar-refractivity contribution in [2.24, 2.45) is 5.92 Å². The number of aromatic amines is 1. The van der Waals surface area contributed by atoms with Crippen molar-refractivity contribution in [3.05, 3.63) is 21.5 Å². The predicted molar refractivity (Wildman–Crippen MR) is 92.6 cm³/mol. The molecule has 2 amide bonds. The summed E-state index contributed by atoms with van der Waals surface area (Å²) in [7, 11) is 0. The van der Waals surface area contributed by atoms with E-state index in [2.05, 4.69) is 20.8 Å². The van der Waals surface area contributed by atoms with Gasteiger partial charge in [0.1, 0.15) is 5.69 Å². The van der Waals surface area contributed by atoms with Gasteiger partial charge in [0.2, 0.25) is 11.6 Å². The highest BCUT2D eigenvalue weighted by atomic mass is 16.6. The molecule has 2 aliphatic heterocycles. The Hall–Kier alpha value is -2.49. The van der Waals surface area contributed by atoms with Crippen LogP contribution in [0.3, 0.4) is 0 Å². The molecule has 0 spiro atoms. The average molecular weight is 364 g/mol. The Bertz CT molecular complexity index is 697. The molecule has 2 aliphatic rings. The average Bonchev–Trinajstić information content (AvgIpc) is 3.29. The zero-order valence-corrected chi connectivity index (χ0v) is 14.8. The molecule has 2 atom stereocenters. The number of nitrogens with zero attached hydrogens (tertiary/aromatic N) is 3. The molecule has 0 aliphatic carbocycles. The molecule has 2 unspecified atom stereocenters. The smallest absolute Gasteiger partial charge is 0.322 e. The lowest BCUT2D eigenvalue weighted by Crippen LogP contribution is -2.46. The van der Waals surface area contributed by atoms with Gasteiger partial charge in [-0.1, -0.05) is 0 Å². The number of likely N-dealkylation sites (tertiary alicyclic amines) is 1. The first-order chi connectivity index (χ1) is 12.5. The lowest BCUT2D eigenvalue weighted by molar-refractivity contribution is -0.385. The van der Waals surface area contributed by atoms with E-state index in [-0.39, 0.29) is 34.9 Å². The molecular weight excluding hydrogens is 340 g/mol. The van der Waals surface area contributed by atoms with E-state index < -0.39 is 10.8 Å². The van der Waals surface area contributed by atoms with E-state index in [4.69, 9.17) is 0 Å². The summed E-state index contributed by atoms with van der Waals surface area (Å²) in [4.78, 5) is 37.0. The van der Waals surface area contributed by atoms with Gasteiger partial charge in [0.25, 0.3) is 5.91 Å². The number of piperidine rings is 1. The fourth-order valence-corrected chi connectivity index (χ4v) is 3.64. The van der Waals surface area contributed by atoms with Gasteiger partial charge in [-0.05, 0) is 45.1 Å². The minimum absolute atomic E-state index is 0.00418. The van der Waals surface area contributed by atoms with Crippen LogP contribution in [-0.4, -0.2) is 64.1 Å². The molecule has 0 bridgehead atoms. The third kappa shape index (κ3) is 3.85. The van der Waals surface area contributed by atoms with Gasteiger partial charge in [0.05, 0.1) is 11.0 Å². The van der Waals surface area contributed by atoms with Crippen molar-refractivity contribution in [2.75, 3.05) is 26.2 Å². The van der Waals surface area contributed by atoms with E-state index >= 15 is 0 Å². The van der Waals surface area contributed by atoms with Crippen LogP contribution in [-0.2, 0) is 4.79 Å². The number of rotatable bonds is 5. The molecule has 2 fully saturated rings. The Kier molecular flexibility index (Phi) is 5.50. The van der Waals surface area contributed by atoms with Crippen LogP contribution in [0.15, 0.2) is 0 Å². The van der Waals surface area contributed by atoms with Gasteiger partial charge in [0.15, 0.2) is 0 Å². The molecule has 0 radical (unpaired) electrons. The maximum Gasteiger partial charge on any atom is 0.322 e. The molecule has 10 heteroatoms. The second-order valence-corrected chi connectivity index (χ2v) is 6.96. The van der Waals surface area contributed by atoms with E-state index in [1.165, 1.54) is 6.92 Å². The minimum Gasteiger partial charge on any atom is -0.354 e. The van der Waals surface area contributed by atoms with Gasteiger partial charge in [-0.3, -0.25) is 24.8 Å². The molecule has 10 nitrogen and oxygen atoms in total. The molecule has 3 rings (SSSR count). The van der Waals surface area contributed by atoms with Crippen molar-refractivity contribution in [2.45, 2.75) is 38.6 Å². The Labute approximate surface area is 150 Å². The first kappa shape index (κ1) is 18.3. The zero-order valence-electron chi connectivity index (χ0n) is 14.8. The van der Waals surface area contributed by atoms with Crippen LogP contribution in [0, 0.1) is 23.0 Å². The molecule has 1 aromatic rings. The van der Waals surface area contributed by atoms with Gasteiger partial charge in [0, 0.05) is 19.6 Å². The number of H-pyrrole nitrogens is 1. The number of amides is 2. The SMILES string of the molecule is Cc1[nH]nc(C(=O)N2CCCC(CNC(=O)C3CCCN3)C2)c1[N+](=O)[O-]. The summed E-state index contributed by atoms with van der Waals surface area (Å²) in [6, 6.07) is -0.119. The largest absolute Gasteiger partial charge is 0.354 e. The molecule has 1 aromatic heterocycles. The summed E-state index contributed by atoms with van der Waals surface area (Å²) in [5.74, 6) is -0.295. The predicted octanol–water partition coefficient (Wildman–Crippen LogP) is 0.347. The van der Waals surface area contributed by atoms with Crippen molar-refractivity contribution in [1.82, 2.24) is 25.7 Å². The van der Waals surface area contributed by atoms with Gasteiger partial charge < -0.3 is 15.5 Å². The number of hydrogen-bond acceptors (Lipinski definition) is 6. The van der Waals surface area contributed by atoms with E-state index in [1.807, 2.05) is 0 Å². The van der Waals surface area contributed by atoms with Gasteiger partial charge in [-0.15, -0.1) is 0 Å². The standard InChI is InChI=1S/C16H24N6O4/c1-10-14(22(25)26)13(20-19-10)16(24)21-7-3-4-11(9-21)8-18-15(23)12-5-2-6-17-12/h11-12,17H,2-9H2,1H3,(H,18,23)(H,19,20). The number of aromatic nitrogens is 2. The highest BCUT2D eigenvalue weighted by molar-refractivity contribution is 5.96. The van der Waals surface area contributed by atoms with Gasteiger partial charge in [-0.25, -0.2) is 0 Å². The Morgan fingerprint density at radius 3 is 2.88 bits per heavy atom. The molecule has 26 heavy (non-hydrogen) atoms. The topological polar surface area (TPSA) is 133 Å². The van der Waals surface area contributed by atoms with Crippen LogP contribution in [0.1, 0.15) is 41.9 Å². The first-order valence-corrected chi connectivity index (χ1v) is 8.97. The lowest BCUT2D eigenvalue weighted by atomic mass is 9.97. The Morgan fingerprint density at radius 2 is 2.19 bits per heavy atom. The Balaban J connectivity index is 1.58. The van der Waals surface area contributed by atoms with Crippen LogP contribution in [0.4, 0.5) is 5.69 Å². The summed E-state index contributed by atoms with van der Waals surface area (Å²) in [6.45, 7) is 3.89. The molecule has 2 saturated heterocycles. The second kappa shape index (κ2) is 7.81. The molecule has 3 heterocycles. The Morgan fingerprint density at radius 1 is 1.38 bits per heavy atom. The summed E-state index contributed by atoms with van der Waals surface area (Å²) in [5.41, 5.74) is -0.145. The zero-order chi connectivity index (χ0) is 18.7. The van der Waals surface area contributed by atoms with Crippen LogP contribution in [0.5, 0.6) is 0 Å². The number of carbonyl (C=O) groups excluding carboxylic acids is 2. The van der Waals surface area contributed by atoms with Crippen LogP contribution < -0.4 is 10.6 Å². The van der Waals surface area contributed by atoms with Crippen molar-refractivity contribution in [1.29, 1.82) is 0 Å². The van der Waals surface area contributed by atoms with Crippen molar-refractivity contribution >= 4 is 17.5 Å². The summed E-state index contributed by atoms with van der Waals surface area (Å²) in [6.07, 6.45) is 3.56. The summed E-state index contributed by atoms with van der Waals surface area (Å²) < 4.78 is 0.